The third kappa shape index (κ3) is 2.76. The second-order valence-electron chi connectivity index (χ2n) is 2.94. The number of aliphatic hydroxyl groups is 1. The van der Waals surface area contributed by atoms with Crippen LogP contribution in [-0.2, 0) is 9.84 Å². The lowest BCUT2D eigenvalue weighted by molar-refractivity contribution is 0.144. The number of aliphatic hydroxyl groups excluding tert-OH is 1. The third-order valence-corrected chi connectivity index (χ3v) is 3.48. The molecule has 1 aliphatic heterocycles. The minimum absolute atomic E-state index is 0.0556. The van der Waals surface area contributed by atoms with Gasteiger partial charge < -0.3 is 5.11 Å². The molecule has 0 aromatic rings. The van der Waals surface area contributed by atoms with Gasteiger partial charge in [0, 0.05) is 6.04 Å². The topological polar surface area (TPSA) is 66.4 Å². The van der Waals surface area contributed by atoms with Gasteiger partial charge in [0.15, 0.2) is 9.84 Å². The van der Waals surface area contributed by atoms with Gasteiger partial charge in [0.05, 0.1) is 11.5 Å². The van der Waals surface area contributed by atoms with Crippen molar-refractivity contribution in [3.8, 4) is 0 Å². The van der Waals surface area contributed by atoms with Gasteiger partial charge in [0.2, 0.25) is 0 Å². The van der Waals surface area contributed by atoms with E-state index < -0.39 is 16.1 Å². The van der Waals surface area contributed by atoms with E-state index in [1.807, 2.05) is 0 Å². The summed E-state index contributed by atoms with van der Waals surface area (Å²) in [5, 5.41) is 11.7. The molecule has 0 saturated carbocycles. The van der Waals surface area contributed by atoms with Gasteiger partial charge in [-0.2, -0.15) is 0 Å². The van der Waals surface area contributed by atoms with E-state index in [2.05, 4.69) is 5.32 Å². The smallest absolute Gasteiger partial charge is 0.151 e. The van der Waals surface area contributed by atoms with Gasteiger partial charge >= 0.3 is 0 Å². The molecule has 1 rings (SSSR count). The maximum atomic E-state index is 10.9. The zero-order valence-corrected chi connectivity index (χ0v) is 7.26. The summed E-state index contributed by atoms with van der Waals surface area (Å²) in [6.45, 7) is 1.59. The Labute approximate surface area is 66.5 Å². The first-order chi connectivity index (χ1) is 4.99. The molecule has 0 aliphatic carbocycles. The summed E-state index contributed by atoms with van der Waals surface area (Å²) in [5.41, 5.74) is 0. The van der Waals surface area contributed by atoms with Crippen molar-refractivity contribution in [3.05, 3.63) is 0 Å². The molecule has 1 saturated heterocycles. The number of rotatable bonds is 2. The van der Waals surface area contributed by atoms with Crippen LogP contribution in [0.2, 0.25) is 0 Å². The minimum Gasteiger partial charge on any atom is -0.379 e. The van der Waals surface area contributed by atoms with Crippen LogP contribution in [-0.4, -0.2) is 37.3 Å². The highest BCUT2D eigenvalue weighted by Crippen LogP contribution is 2.11. The van der Waals surface area contributed by atoms with Crippen molar-refractivity contribution < 1.29 is 13.5 Å². The molecular formula is C6H13NO3S. The Morgan fingerprint density at radius 2 is 2.27 bits per heavy atom. The first kappa shape index (κ1) is 8.96. The van der Waals surface area contributed by atoms with E-state index in [0.717, 1.165) is 0 Å². The second-order valence-corrected chi connectivity index (χ2v) is 5.17. The predicted octanol–water partition coefficient (Wildman–Crippen LogP) is -0.899. The molecule has 2 unspecified atom stereocenters. The maximum absolute atomic E-state index is 10.9. The van der Waals surface area contributed by atoms with E-state index in [1.54, 1.807) is 6.92 Å². The number of hydrogen-bond donors (Lipinski definition) is 2. The van der Waals surface area contributed by atoms with Crippen LogP contribution >= 0.6 is 0 Å². The van der Waals surface area contributed by atoms with Crippen LogP contribution in [0.1, 0.15) is 13.3 Å². The van der Waals surface area contributed by atoms with Gasteiger partial charge in [-0.1, -0.05) is 0 Å². The molecular weight excluding hydrogens is 166 g/mol. The Hall–Kier alpha value is -0.130. The molecule has 66 valence electrons. The van der Waals surface area contributed by atoms with E-state index in [1.165, 1.54) is 0 Å². The SMILES string of the molecule is CC(O)NC1CCS(=O)(=O)C1. The summed E-state index contributed by atoms with van der Waals surface area (Å²) < 4.78 is 21.8. The fourth-order valence-electron chi connectivity index (χ4n) is 1.27. The Balaban J connectivity index is 2.43. The van der Waals surface area contributed by atoms with Gasteiger partial charge in [-0.25, -0.2) is 8.42 Å². The molecule has 11 heavy (non-hydrogen) atoms. The number of nitrogens with one attached hydrogen (secondary N) is 1. The highest BCUT2D eigenvalue weighted by Gasteiger charge is 2.27. The summed E-state index contributed by atoms with van der Waals surface area (Å²) in [6, 6.07) is -0.0556. The first-order valence-corrected chi connectivity index (χ1v) is 5.46. The molecule has 1 heterocycles. The molecule has 5 heteroatoms. The standard InChI is InChI=1S/C6H13NO3S/c1-5(8)7-6-2-3-11(9,10)4-6/h5-8H,2-4H2,1H3. The van der Waals surface area contributed by atoms with Gasteiger partial charge in [-0.05, 0) is 13.3 Å². The molecule has 2 atom stereocenters. The van der Waals surface area contributed by atoms with Gasteiger partial charge in [-0.3, -0.25) is 5.32 Å². The summed E-state index contributed by atoms with van der Waals surface area (Å²) in [4.78, 5) is 0. The number of hydrogen-bond acceptors (Lipinski definition) is 4. The largest absolute Gasteiger partial charge is 0.379 e. The average Bonchev–Trinajstić information content (AvgIpc) is 2.08. The lowest BCUT2D eigenvalue weighted by atomic mass is 10.2. The summed E-state index contributed by atoms with van der Waals surface area (Å²) >= 11 is 0. The zero-order chi connectivity index (χ0) is 8.48. The Bertz CT molecular complexity index is 222. The van der Waals surface area contributed by atoms with Crippen LogP contribution in [0, 0.1) is 0 Å². The van der Waals surface area contributed by atoms with Crippen LogP contribution in [0.25, 0.3) is 0 Å². The van der Waals surface area contributed by atoms with Crippen molar-refractivity contribution in [1.29, 1.82) is 0 Å². The van der Waals surface area contributed by atoms with Gasteiger partial charge in [-0.15, -0.1) is 0 Å². The number of sulfone groups is 1. The van der Waals surface area contributed by atoms with E-state index in [4.69, 9.17) is 5.11 Å². The highest BCUT2D eigenvalue weighted by molar-refractivity contribution is 7.91. The lowest BCUT2D eigenvalue weighted by Crippen LogP contribution is -2.36. The van der Waals surface area contributed by atoms with E-state index >= 15 is 0 Å². The van der Waals surface area contributed by atoms with Crippen LogP contribution in [0.4, 0.5) is 0 Å². The molecule has 0 spiro atoms. The molecule has 0 bridgehead atoms. The Morgan fingerprint density at radius 1 is 1.64 bits per heavy atom. The maximum Gasteiger partial charge on any atom is 0.151 e. The summed E-state index contributed by atoms with van der Waals surface area (Å²) in [5.74, 6) is 0.412. The molecule has 0 aromatic carbocycles. The van der Waals surface area contributed by atoms with E-state index in [-0.39, 0.29) is 17.5 Å². The molecule has 0 aromatic heterocycles. The van der Waals surface area contributed by atoms with Crippen molar-refractivity contribution in [1.82, 2.24) is 5.32 Å². The minimum atomic E-state index is -2.81. The van der Waals surface area contributed by atoms with Crippen molar-refractivity contribution in [2.24, 2.45) is 0 Å². The molecule has 0 amide bonds. The van der Waals surface area contributed by atoms with Gasteiger partial charge in [0.1, 0.15) is 6.23 Å². The average molecular weight is 179 g/mol. The van der Waals surface area contributed by atoms with Crippen molar-refractivity contribution in [3.63, 3.8) is 0 Å². The zero-order valence-electron chi connectivity index (χ0n) is 6.45. The Morgan fingerprint density at radius 3 is 2.64 bits per heavy atom. The predicted molar refractivity (Wildman–Crippen MR) is 41.9 cm³/mol. The molecule has 4 nitrogen and oxygen atoms in total. The lowest BCUT2D eigenvalue weighted by Gasteiger charge is -2.12. The van der Waals surface area contributed by atoms with Crippen LogP contribution in [0.5, 0.6) is 0 Å². The quantitative estimate of drug-likeness (QED) is 0.539. The van der Waals surface area contributed by atoms with Gasteiger partial charge in [0.25, 0.3) is 0 Å². The fraction of sp³-hybridized carbons (Fsp3) is 1.00. The van der Waals surface area contributed by atoms with Crippen molar-refractivity contribution >= 4 is 9.84 Å². The highest BCUT2D eigenvalue weighted by atomic mass is 32.2. The normalized spacial score (nSPS) is 32.0. The molecule has 2 N–H and O–H groups in total. The Kier molecular flexibility index (Phi) is 2.51. The third-order valence-electron chi connectivity index (χ3n) is 1.71. The van der Waals surface area contributed by atoms with Crippen LogP contribution < -0.4 is 5.32 Å². The first-order valence-electron chi connectivity index (χ1n) is 3.64. The van der Waals surface area contributed by atoms with Crippen molar-refractivity contribution in [2.75, 3.05) is 11.5 Å². The van der Waals surface area contributed by atoms with Crippen LogP contribution in [0.15, 0.2) is 0 Å². The monoisotopic (exact) mass is 179 g/mol. The molecule has 0 radical (unpaired) electrons. The second kappa shape index (κ2) is 3.08. The molecule has 1 fully saturated rings. The summed E-state index contributed by atoms with van der Waals surface area (Å²) in [7, 11) is -2.81. The van der Waals surface area contributed by atoms with Crippen molar-refractivity contribution in [2.45, 2.75) is 25.6 Å². The molecule has 1 aliphatic rings. The fourth-order valence-corrected chi connectivity index (χ4v) is 2.95. The van der Waals surface area contributed by atoms with E-state index in [9.17, 15) is 8.42 Å². The van der Waals surface area contributed by atoms with Crippen LogP contribution in [0.3, 0.4) is 0 Å². The van der Waals surface area contributed by atoms with E-state index in [0.29, 0.717) is 6.42 Å². The summed E-state index contributed by atoms with van der Waals surface area (Å²) in [6.07, 6.45) is 0.000972.